The summed E-state index contributed by atoms with van der Waals surface area (Å²) in [4.78, 5) is 40.4. The molecule has 28 heavy (non-hydrogen) atoms. The van der Waals surface area contributed by atoms with Gasteiger partial charge in [0.1, 0.15) is 17.9 Å². The fraction of sp³-hybridized carbons (Fsp3) is 0.316. The molecule has 0 saturated carbocycles. The van der Waals surface area contributed by atoms with Crippen molar-refractivity contribution in [3.05, 3.63) is 42.0 Å². The van der Waals surface area contributed by atoms with E-state index in [4.69, 9.17) is 4.74 Å². The molecule has 1 N–H and O–H groups in total. The molecule has 144 valence electrons. The van der Waals surface area contributed by atoms with Crippen molar-refractivity contribution in [3.8, 4) is 6.07 Å². The average Bonchev–Trinajstić information content (AvgIpc) is 3.20. The summed E-state index contributed by atoms with van der Waals surface area (Å²) >= 11 is 0. The van der Waals surface area contributed by atoms with Crippen LogP contribution in [0.4, 0.5) is 4.39 Å². The van der Waals surface area contributed by atoms with Crippen LogP contribution < -0.4 is 5.32 Å². The highest BCUT2D eigenvalue weighted by molar-refractivity contribution is 5.88. The minimum absolute atomic E-state index is 0.217. The second kappa shape index (κ2) is 8.43. The molecule has 1 aliphatic rings. The number of aromatic nitrogens is 1. The Hall–Kier alpha value is -3.54. The SMILES string of the molecule is N#CC(OC(=O)C1CCCN1C(=O)CNC=O)c1cncc2c(F)cccc12. The van der Waals surface area contributed by atoms with Crippen molar-refractivity contribution < 1.29 is 23.5 Å². The predicted molar refractivity (Wildman–Crippen MR) is 94.9 cm³/mol. The van der Waals surface area contributed by atoms with Gasteiger partial charge in [0, 0.05) is 29.9 Å². The molecule has 1 aromatic heterocycles. The normalized spacial score (nSPS) is 17.0. The number of halogens is 1. The van der Waals surface area contributed by atoms with E-state index in [1.54, 1.807) is 6.07 Å². The molecular weight excluding hydrogens is 367 g/mol. The van der Waals surface area contributed by atoms with Gasteiger partial charge in [0.25, 0.3) is 0 Å². The Morgan fingerprint density at radius 3 is 3.00 bits per heavy atom. The molecule has 2 aromatic rings. The van der Waals surface area contributed by atoms with Crippen LogP contribution in [0.2, 0.25) is 0 Å². The fourth-order valence-corrected chi connectivity index (χ4v) is 3.29. The number of fused-ring (bicyclic) bond motifs is 1. The second-order valence-corrected chi connectivity index (χ2v) is 6.25. The van der Waals surface area contributed by atoms with E-state index in [-0.39, 0.29) is 17.5 Å². The van der Waals surface area contributed by atoms with Crippen molar-refractivity contribution in [2.45, 2.75) is 25.0 Å². The summed E-state index contributed by atoms with van der Waals surface area (Å²) in [6.07, 6.45) is 2.80. The van der Waals surface area contributed by atoms with Gasteiger partial charge in [-0.1, -0.05) is 12.1 Å². The van der Waals surface area contributed by atoms with E-state index < -0.39 is 29.8 Å². The Labute approximate surface area is 159 Å². The molecule has 2 heterocycles. The minimum Gasteiger partial charge on any atom is -0.440 e. The number of nitrogens with zero attached hydrogens (tertiary/aromatic N) is 3. The number of carbonyl (C=O) groups is 3. The lowest BCUT2D eigenvalue weighted by Gasteiger charge is -2.24. The molecule has 0 bridgehead atoms. The number of nitriles is 1. The van der Waals surface area contributed by atoms with Gasteiger partial charge in [0.2, 0.25) is 18.4 Å². The number of amides is 2. The molecule has 1 saturated heterocycles. The van der Waals surface area contributed by atoms with Crippen LogP contribution in [0.25, 0.3) is 10.8 Å². The molecule has 1 fully saturated rings. The predicted octanol–water partition coefficient (Wildman–Crippen LogP) is 1.22. The Balaban J connectivity index is 1.81. The van der Waals surface area contributed by atoms with Gasteiger partial charge in [0.05, 0.1) is 6.54 Å². The van der Waals surface area contributed by atoms with Gasteiger partial charge < -0.3 is 15.0 Å². The Morgan fingerprint density at radius 2 is 2.25 bits per heavy atom. The number of likely N-dealkylation sites (tertiary alicyclic amines) is 1. The zero-order valence-electron chi connectivity index (χ0n) is 14.8. The number of pyridine rings is 1. The van der Waals surface area contributed by atoms with Gasteiger partial charge in [0.15, 0.2) is 0 Å². The van der Waals surface area contributed by atoms with Crippen molar-refractivity contribution in [1.29, 1.82) is 5.26 Å². The minimum atomic E-state index is -1.30. The average molecular weight is 384 g/mol. The van der Waals surface area contributed by atoms with Crippen LogP contribution in [0.3, 0.4) is 0 Å². The van der Waals surface area contributed by atoms with Gasteiger partial charge in [-0.15, -0.1) is 0 Å². The summed E-state index contributed by atoms with van der Waals surface area (Å²) in [6, 6.07) is 5.44. The van der Waals surface area contributed by atoms with Crippen LogP contribution in [0.1, 0.15) is 24.5 Å². The van der Waals surface area contributed by atoms with Crippen molar-refractivity contribution in [1.82, 2.24) is 15.2 Å². The second-order valence-electron chi connectivity index (χ2n) is 6.25. The maximum atomic E-state index is 14.0. The molecular formula is C19H17FN4O4. The molecule has 1 aromatic carbocycles. The van der Waals surface area contributed by atoms with E-state index in [1.807, 2.05) is 6.07 Å². The first-order valence-corrected chi connectivity index (χ1v) is 8.65. The van der Waals surface area contributed by atoms with Crippen LogP contribution in [0.15, 0.2) is 30.6 Å². The third-order valence-electron chi connectivity index (χ3n) is 4.60. The van der Waals surface area contributed by atoms with Crippen LogP contribution in [-0.2, 0) is 19.1 Å². The van der Waals surface area contributed by atoms with E-state index in [0.29, 0.717) is 31.2 Å². The molecule has 2 atom stereocenters. The summed E-state index contributed by atoms with van der Waals surface area (Å²) < 4.78 is 19.3. The first-order chi connectivity index (χ1) is 13.6. The van der Waals surface area contributed by atoms with Crippen molar-refractivity contribution >= 4 is 29.1 Å². The van der Waals surface area contributed by atoms with Crippen LogP contribution >= 0.6 is 0 Å². The molecule has 2 unspecified atom stereocenters. The van der Waals surface area contributed by atoms with E-state index in [1.165, 1.54) is 29.4 Å². The van der Waals surface area contributed by atoms with Crippen molar-refractivity contribution in [2.24, 2.45) is 0 Å². The molecule has 0 spiro atoms. The number of ether oxygens (including phenoxy) is 1. The quantitative estimate of drug-likeness (QED) is 0.592. The third kappa shape index (κ3) is 3.76. The largest absolute Gasteiger partial charge is 0.440 e. The van der Waals surface area contributed by atoms with Gasteiger partial charge >= 0.3 is 5.97 Å². The van der Waals surface area contributed by atoms with Gasteiger partial charge in [-0.05, 0) is 24.3 Å². The Bertz CT molecular complexity index is 959. The summed E-state index contributed by atoms with van der Waals surface area (Å²) in [5, 5.41) is 12.4. The summed E-state index contributed by atoms with van der Waals surface area (Å²) in [5.41, 5.74) is 0.270. The molecule has 0 radical (unpaired) electrons. The van der Waals surface area contributed by atoms with Gasteiger partial charge in [-0.2, -0.15) is 5.26 Å². The van der Waals surface area contributed by atoms with Gasteiger partial charge in [-0.3, -0.25) is 14.6 Å². The lowest BCUT2D eigenvalue weighted by atomic mass is 10.0. The van der Waals surface area contributed by atoms with Crippen LogP contribution in [0.5, 0.6) is 0 Å². The molecule has 8 nitrogen and oxygen atoms in total. The summed E-state index contributed by atoms with van der Waals surface area (Å²) in [5.74, 6) is -1.63. The van der Waals surface area contributed by atoms with Crippen molar-refractivity contribution in [2.75, 3.05) is 13.1 Å². The Kier molecular flexibility index (Phi) is 5.79. The fourth-order valence-electron chi connectivity index (χ4n) is 3.29. The first-order valence-electron chi connectivity index (χ1n) is 8.65. The van der Waals surface area contributed by atoms with E-state index in [0.717, 1.165) is 0 Å². The lowest BCUT2D eigenvalue weighted by molar-refractivity contribution is -0.156. The van der Waals surface area contributed by atoms with Crippen molar-refractivity contribution in [3.63, 3.8) is 0 Å². The molecule has 1 aliphatic heterocycles. The highest BCUT2D eigenvalue weighted by Crippen LogP contribution is 2.28. The highest BCUT2D eigenvalue weighted by atomic mass is 19.1. The Morgan fingerprint density at radius 1 is 1.43 bits per heavy atom. The highest BCUT2D eigenvalue weighted by Gasteiger charge is 2.36. The lowest BCUT2D eigenvalue weighted by Crippen LogP contribution is -2.45. The number of rotatable bonds is 6. The summed E-state index contributed by atoms with van der Waals surface area (Å²) in [6.45, 7) is 0.138. The third-order valence-corrected chi connectivity index (χ3v) is 4.60. The topological polar surface area (TPSA) is 112 Å². The van der Waals surface area contributed by atoms with E-state index in [2.05, 4.69) is 10.3 Å². The zero-order valence-corrected chi connectivity index (χ0v) is 14.8. The van der Waals surface area contributed by atoms with E-state index >= 15 is 0 Å². The number of nitrogens with one attached hydrogen (secondary N) is 1. The summed E-state index contributed by atoms with van der Waals surface area (Å²) in [7, 11) is 0. The van der Waals surface area contributed by atoms with E-state index in [9.17, 15) is 24.0 Å². The number of hydrogen-bond donors (Lipinski definition) is 1. The monoisotopic (exact) mass is 384 g/mol. The number of esters is 1. The number of hydrogen-bond acceptors (Lipinski definition) is 6. The number of carbonyl (C=O) groups excluding carboxylic acids is 3. The molecule has 0 aliphatic carbocycles. The first kappa shape index (κ1) is 19.2. The molecule has 3 rings (SSSR count). The molecule has 9 heteroatoms. The number of benzene rings is 1. The molecule has 2 amide bonds. The van der Waals surface area contributed by atoms with Crippen LogP contribution in [-0.4, -0.2) is 47.3 Å². The van der Waals surface area contributed by atoms with Crippen LogP contribution in [0, 0.1) is 17.1 Å². The maximum absolute atomic E-state index is 14.0. The maximum Gasteiger partial charge on any atom is 0.330 e. The zero-order chi connectivity index (χ0) is 20.1. The standard InChI is InChI=1S/C19H17FN4O4/c20-15-4-1-3-12-13(15)8-22-9-14(12)17(7-21)28-19(27)16-5-2-6-24(16)18(26)10-23-11-25/h1,3-4,8-9,11,16-17H,2,5-6,10H2,(H,23,25). The smallest absolute Gasteiger partial charge is 0.330 e. The van der Waals surface area contributed by atoms with Gasteiger partial charge in [-0.25, -0.2) is 9.18 Å².